The van der Waals surface area contributed by atoms with Crippen LogP contribution in [0.5, 0.6) is 0 Å². The average Bonchev–Trinajstić information content (AvgIpc) is 2.43. The third-order valence-corrected chi connectivity index (χ3v) is 3.09. The van der Waals surface area contributed by atoms with E-state index in [1.807, 2.05) is 13.8 Å². The number of methoxy groups -OCH3 is 1. The zero-order valence-electron chi connectivity index (χ0n) is 12.5. The largest absolute Gasteiger partial charge is 0.383 e. The zero-order valence-corrected chi connectivity index (χ0v) is 13.2. The topological polar surface area (TPSA) is 85.2 Å². The zero-order chi connectivity index (χ0) is 15.8. The Bertz CT molecular complexity index is 531. The summed E-state index contributed by atoms with van der Waals surface area (Å²) in [7, 11) is 1.57. The van der Waals surface area contributed by atoms with E-state index in [2.05, 4.69) is 15.7 Å². The van der Waals surface area contributed by atoms with E-state index in [9.17, 15) is 9.59 Å². The van der Waals surface area contributed by atoms with Crippen LogP contribution < -0.4 is 16.2 Å². The molecular weight excluding hydrogens is 296 g/mol. The quantitative estimate of drug-likeness (QED) is 0.700. The Morgan fingerprint density at radius 3 is 2.81 bits per heavy atom. The van der Waals surface area contributed by atoms with Crippen LogP contribution in [0.2, 0.25) is 5.02 Å². The smallest absolute Gasteiger partial charge is 0.287 e. The van der Waals surface area contributed by atoms with Crippen LogP contribution in [0.3, 0.4) is 0 Å². The molecule has 0 aliphatic rings. The predicted molar refractivity (Wildman–Crippen MR) is 81.9 cm³/mol. The molecule has 0 spiro atoms. The van der Waals surface area contributed by atoms with Gasteiger partial charge in [-0.2, -0.15) is 5.10 Å². The van der Waals surface area contributed by atoms with Gasteiger partial charge in [0.05, 0.1) is 24.5 Å². The molecule has 0 bridgehead atoms. The summed E-state index contributed by atoms with van der Waals surface area (Å²) < 4.78 is 6.14. The van der Waals surface area contributed by atoms with Crippen LogP contribution in [0, 0.1) is 0 Å². The van der Waals surface area contributed by atoms with E-state index in [0.29, 0.717) is 25.4 Å². The van der Waals surface area contributed by atoms with E-state index >= 15 is 0 Å². The van der Waals surface area contributed by atoms with Crippen molar-refractivity contribution in [2.75, 3.05) is 32.1 Å². The first-order valence-corrected chi connectivity index (χ1v) is 7.12. The number of nitrogens with one attached hydrogen (secondary N) is 2. The maximum absolute atomic E-state index is 11.9. The summed E-state index contributed by atoms with van der Waals surface area (Å²) >= 11 is 6.01. The van der Waals surface area contributed by atoms with Crippen LogP contribution in [0.25, 0.3) is 0 Å². The number of halogens is 1. The monoisotopic (exact) mass is 316 g/mol. The maximum Gasteiger partial charge on any atom is 0.287 e. The summed E-state index contributed by atoms with van der Waals surface area (Å²) in [4.78, 5) is 23.4. The third-order valence-electron chi connectivity index (χ3n) is 2.73. The van der Waals surface area contributed by atoms with Gasteiger partial charge in [-0.15, -0.1) is 0 Å². The number of nitrogens with zero attached hydrogens (tertiary/aromatic N) is 2. The van der Waals surface area contributed by atoms with Crippen molar-refractivity contribution in [3.05, 3.63) is 21.6 Å². The number of carbonyl (C=O) groups is 1. The molecule has 1 aromatic rings. The maximum atomic E-state index is 11.9. The Kier molecular flexibility index (Phi) is 7.18. The number of carbonyl (C=O) groups excluding carboxylic acids is 1. The molecule has 7 nitrogen and oxygen atoms in total. The predicted octanol–water partition coefficient (Wildman–Crippen LogP) is 1.04. The van der Waals surface area contributed by atoms with Gasteiger partial charge in [-0.25, -0.2) is 4.68 Å². The van der Waals surface area contributed by atoms with Crippen LogP contribution in [-0.4, -0.2) is 42.5 Å². The Morgan fingerprint density at radius 1 is 1.48 bits per heavy atom. The van der Waals surface area contributed by atoms with E-state index in [1.165, 1.54) is 10.9 Å². The first-order chi connectivity index (χ1) is 9.97. The molecule has 0 atom stereocenters. The lowest BCUT2D eigenvalue weighted by Crippen LogP contribution is -2.29. The van der Waals surface area contributed by atoms with E-state index in [4.69, 9.17) is 16.3 Å². The fourth-order valence-corrected chi connectivity index (χ4v) is 1.83. The third kappa shape index (κ3) is 5.35. The first-order valence-electron chi connectivity index (χ1n) is 6.74. The summed E-state index contributed by atoms with van der Waals surface area (Å²) in [5.41, 5.74) is 0.0875. The average molecular weight is 317 g/mol. The van der Waals surface area contributed by atoms with Gasteiger partial charge in [-0.3, -0.25) is 9.59 Å². The lowest BCUT2D eigenvalue weighted by Gasteiger charge is -2.12. The minimum absolute atomic E-state index is 0.0596. The Balaban J connectivity index is 2.51. The molecule has 0 aliphatic carbocycles. The molecule has 118 valence electrons. The van der Waals surface area contributed by atoms with Crippen molar-refractivity contribution in [3.63, 3.8) is 0 Å². The molecular formula is C13H21ClN4O3. The van der Waals surface area contributed by atoms with Crippen molar-refractivity contribution in [2.45, 2.75) is 26.3 Å². The SMILES string of the molecule is COCCNC(=O)CCNc1cnn(C(C)C)c(=O)c1Cl. The lowest BCUT2D eigenvalue weighted by molar-refractivity contribution is -0.121. The molecule has 0 saturated carbocycles. The van der Waals surface area contributed by atoms with Gasteiger partial charge in [0.2, 0.25) is 5.91 Å². The highest BCUT2D eigenvalue weighted by Crippen LogP contribution is 2.16. The first kappa shape index (κ1) is 17.5. The van der Waals surface area contributed by atoms with Gasteiger partial charge in [0.1, 0.15) is 5.02 Å². The molecule has 0 saturated heterocycles. The van der Waals surface area contributed by atoms with Gasteiger partial charge in [0.25, 0.3) is 5.56 Å². The molecule has 8 heteroatoms. The molecule has 1 amide bonds. The van der Waals surface area contributed by atoms with Crippen molar-refractivity contribution in [3.8, 4) is 0 Å². The fraction of sp³-hybridized carbons (Fsp3) is 0.615. The summed E-state index contributed by atoms with van der Waals surface area (Å²) in [5.74, 6) is -0.0980. The Morgan fingerprint density at radius 2 is 2.19 bits per heavy atom. The number of amides is 1. The molecule has 0 radical (unpaired) electrons. The highest BCUT2D eigenvalue weighted by molar-refractivity contribution is 6.32. The molecule has 0 aromatic carbocycles. The summed E-state index contributed by atoms with van der Waals surface area (Å²) in [6.07, 6.45) is 1.76. The normalized spacial score (nSPS) is 10.7. The van der Waals surface area contributed by atoms with Gasteiger partial charge >= 0.3 is 0 Å². The van der Waals surface area contributed by atoms with E-state index in [1.54, 1.807) is 7.11 Å². The Labute approximate surface area is 128 Å². The second-order valence-electron chi connectivity index (χ2n) is 4.74. The highest BCUT2D eigenvalue weighted by Gasteiger charge is 2.11. The van der Waals surface area contributed by atoms with Crippen LogP contribution in [0.1, 0.15) is 26.3 Å². The minimum atomic E-state index is -0.346. The van der Waals surface area contributed by atoms with Crippen molar-refractivity contribution in [1.82, 2.24) is 15.1 Å². The summed E-state index contributed by atoms with van der Waals surface area (Å²) in [5, 5.41) is 9.76. The van der Waals surface area contributed by atoms with Crippen molar-refractivity contribution in [2.24, 2.45) is 0 Å². The molecule has 0 unspecified atom stereocenters. The van der Waals surface area contributed by atoms with Crippen LogP contribution in [0.4, 0.5) is 5.69 Å². The van der Waals surface area contributed by atoms with Crippen molar-refractivity contribution in [1.29, 1.82) is 0 Å². The van der Waals surface area contributed by atoms with Gasteiger partial charge in [-0.1, -0.05) is 11.6 Å². The second kappa shape index (κ2) is 8.63. The number of hydrogen-bond donors (Lipinski definition) is 2. The number of hydrogen-bond acceptors (Lipinski definition) is 5. The molecule has 21 heavy (non-hydrogen) atoms. The molecule has 2 N–H and O–H groups in total. The minimum Gasteiger partial charge on any atom is -0.383 e. The van der Waals surface area contributed by atoms with Gasteiger partial charge in [-0.05, 0) is 13.8 Å². The van der Waals surface area contributed by atoms with Crippen LogP contribution in [0.15, 0.2) is 11.0 Å². The summed E-state index contributed by atoms with van der Waals surface area (Å²) in [6.45, 7) is 5.01. The van der Waals surface area contributed by atoms with E-state index < -0.39 is 0 Å². The molecule has 1 heterocycles. The summed E-state index contributed by atoms with van der Waals surface area (Å²) in [6, 6.07) is -0.0596. The molecule has 1 rings (SSSR count). The van der Waals surface area contributed by atoms with E-state index in [-0.39, 0.29) is 29.0 Å². The molecule has 1 aromatic heterocycles. The van der Waals surface area contributed by atoms with E-state index in [0.717, 1.165) is 0 Å². The lowest BCUT2D eigenvalue weighted by atomic mass is 10.3. The molecule has 0 fully saturated rings. The van der Waals surface area contributed by atoms with Gasteiger partial charge < -0.3 is 15.4 Å². The van der Waals surface area contributed by atoms with Crippen molar-refractivity contribution >= 4 is 23.2 Å². The highest BCUT2D eigenvalue weighted by atomic mass is 35.5. The fourth-order valence-electron chi connectivity index (χ4n) is 1.63. The van der Waals surface area contributed by atoms with Crippen molar-refractivity contribution < 1.29 is 9.53 Å². The second-order valence-corrected chi connectivity index (χ2v) is 5.11. The number of rotatable bonds is 8. The number of anilines is 1. The molecule has 0 aliphatic heterocycles. The standard InChI is InChI=1S/C13H21ClN4O3/c1-9(2)18-13(20)12(14)10(8-17-18)15-5-4-11(19)16-6-7-21-3/h8-9,15H,4-7H2,1-3H3,(H,16,19). The van der Waals surface area contributed by atoms with Gasteiger partial charge in [0.15, 0.2) is 0 Å². The number of aromatic nitrogens is 2. The number of ether oxygens (including phenoxy) is 1. The van der Waals surface area contributed by atoms with Crippen LogP contribution >= 0.6 is 11.6 Å². The van der Waals surface area contributed by atoms with Crippen LogP contribution in [-0.2, 0) is 9.53 Å². The van der Waals surface area contributed by atoms with Gasteiger partial charge in [0, 0.05) is 26.6 Å². The Hall–Kier alpha value is -1.60.